The maximum absolute atomic E-state index is 9.87. The summed E-state index contributed by atoms with van der Waals surface area (Å²) in [4.78, 5) is 2.59. The Morgan fingerprint density at radius 2 is 1.74 bits per heavy atom. The Morgan fingerprint density at radius 1 is 1.16 bits per heavy atom. The van der Waals surface area contributed by atoms with Crippen molar-refractivity contribution >= 4 is 0 Å². The number of phenolic OH excluding ortho intramolecular Hbond substituents is 1. The van der Waals surface area contributed by atoms with Crippen molar-refractivity contribution in [2.24, 2.45) is 0 Å². The van der Waals surface area contributed by atoms with E-state index >= 15 is 0 Å². The van der Waals surface area contributed by atoms with Crippen molar-refractivity contribution in [2.45, 2.75) is 45.6 Å². The van der Waals surface area contributed by atoms with Gasteiger partial charge in [-0.3, -0.25) is 4.90 Å². The molecule has 0 aliphatic heterocycles. The van der Waals surface area contributed by atoms with E-state index in [1.54, 1.807) is 7.11 Å². The van der Waals surface area contributed by atoms with Crippen LogP contribution in [-0.4, -0.2) is 36.2 Å². The predicted molar refractivity (Wildman–Crippen MR) is 78.0 cm³/mol. The quantitative estimate of drug-likeness (QED) is 0.856. The number of phenols is 1. The minimum atomic E-state index is 0.263. The van der Waals surface area contributed by atoms with E-state index in [0.717, 1.165) is 25.9 Å². The lowest BCUT2D eigenvalue weighted by Crippen LogP contribution is -2.37. The van der Waals surface area contributed by atoms with E-state index in [2.05, 4.69) is 18.7 Å². The Morgan fingerprint density at radius 3 is 2.26 bits per heavy atom. The van der Waals surface area contributed by atoms with E-state index in [0.29, 0.717) is 11.8 Å². The number of methoxy groups -OCH3 is 1. The number of hydrogen-bond donors (Lipinski definition) is 1. The fourth-order valence-corrected chi connectivity index (χ4v) is 3.09. The average molecular weight is 263 g/mol. The predicted octanol–water partition coefficient (Wildman–Crippen LogP) is 2.99. The van der Waals surface area contributed by atoms with Gasteiger partial charge in [0.05, 0.1) is 7.11 Å². The molecule has 0 heterocycles. The Bertz CT molecular complexity index is 425. The average Bonchev–Trinajstić information content (AvgIpc) is 2.80. The SMILES string of the molecule is CCCN(CCC)C1Cc2cc(O)c(OC)cc2C1. The summed E-state index contributed by atoms with van der Waals surface area (Å²) in [6.07, 6.45) is 4.52. The number of benzene rings is 1. The van der Waals surface area contributed by atoms with E-state index < -0.39 is 0 Å². The van der Waals surface area contributed by atoms with Gasteiger partial charge in [0.2, 0.25) is 0 Å². The summed E-state index contributed by atoms with van der Waals surface area (Å²) in [5.41, 5.74) is 2.61. The number of fused-ring (bicyclic) bond motifs is 1. The number of rotatable bonds is 6. The summed E-state index contributed by atoms with van der Waals surface area (Å²) >= 11 is 0. The highest BCUT2D eigenvalue weighted by atomic mass is 16.5. The van der Waals surface area contributed by atoms with Crippen LogP contribution in [0.5, 0.6) is 11.5 Å². The third-order valence-electron chi connectivity index (χ3n) is 3.95. The Hall–Kier alpha value is -1.22. The van der Waals surface area contributed by atoms with Gasteiger partial charge in [0, 0.05) is 6.04 Å². The van der Waals surface area contributed by atoms with E-state index in [4.69, 9.17) is 4.74 Å². The number of nitrogens with zero attached hydrogens (tertiary/aromatic N) is 1. The lowest BCUT2D eigenvalue weighted by molar-refractivity contribution is 0.202. The van der Waals surface area contributed by atoms with Gasteiger partial charge < -0.3 is 9.84 Å². The molecule has 2 rings (SSSR count). The molecule has 0 bridgehead atoms. The Kier molecular flexibility index (Phi) is 4.70. The Balaban J connectivity index is 2.14. The fraction of sp³-hybridized carbons (Fsp3) is 0.625. The van der Waals surface area contributed by atoms with Crippen molar-refractivity contribution in [2.75, 3.05) is 20.2 Å². The molecule has 0 saturated carbocycles. The molecule has 1 atom stereocenters. The van der Waals surface area contributed by atoms with Crippen molar-refractivity contribution in [3.05, 3.63) is 23.3 Å². The number of aromatic hydroxyl groups is 1. The second-order valence-electron chi connectivity index (χ2n) is 5.39. The zero-order valence-electron chi connectivity index (χ0n) is 12.3. The van der Waals surface area contributed by atoms with Gasteiger partial charge in [-0.25, -0.2) is 0 Å². The first-order valence-electron chi connectivity index (χ1n) is 7.32. The molecule has 1 aromatic rings. The van der Waals surface area contributed by atoms with Crippen LogP contribution in [-0.2, 0) is 12.8 Å². The van der Waals surface area contributed by atoms with Gasteiger partial charge in [0.1, 0.15) is 0 Å². The highest BCUT2D eigenvalue weighted by molar-refractivity contribution is 5.49. The molecular weight excluding hydrogens is 238 g/mol. The normalized spacial score (nSPS) is 17.8. The topological polar surface area (TPSA) is 32.7 Å². The second kappa shape index (κ2) is 6.29. The first-order valence-corrected chi connectivity index (χ1v) is 7.32. The number of hydrogen-bond acceptors (Lipinski definition) is 3. The zero-order valence-corrected chi connectivity index (χ0v) is 12.3. The molecule has 106 valence electrons. The van der Waals surface area contributed by atoms with Gasteiger partial charge in [-0.15, -0.1) is 0 Å². The first-order chi connectivity index (χ1) is 9.19. The van der Waals surface area contributed by atoms with Crippen LogP contribution in [0.2, 0.25) is 0 Å². The molecule has 3 nitrogen and oxygen atoms in total. The molecule has 0 aromatic heterocycles. The van der Waals surface area contributed by atoms with E-state index in [1.165, 1.54) is 24.0 Å². The summed E-state index contributed by atoms with van der Waals surface area (Å²) in [7, 11) is 1.61. The third kappa shape index (κ3) is 3.03. The van der Waals surface area contributed by atoms with Crippen LogP contribution in [0.4, 0.5) is 0 Å². The Labute approximate surface area is 116 Å². The highest BCUT2D eigenvalue weighted by Gasteiger charge is 2.27. The molecule has 19 heavy (non-hydrogen) atoms. The minimum absolute atomic E-state index is 0.263. The van der Waals surface area contributed by atoms with Crippen LogP contribution in [0.3, 0.4) is 0 Å². The summed E-state index contributed by atoms with van der Waals surface area (Å²) in [5.74, 6) is 0.858. The van der Waals surface area contributed by atoms with Crippen molar-refractivity contribution in [1.29, 1.82) is 0 Å². The van der Waals surface area contributed by atoms with Gasteiger partial charge in [-0.1, -0.05) is 13.8 Å². The maximum atomic E-state index is 9.87. The third-order valence-corrected chi connectivity index (χ3v) is 3.95. The van der Waals surface area contributed by atoms with Gasteiger partial charge in [0.25, 0.3) is 0 Å². The maximum Gasteiger partial charge on any atom is 0.160 e. The van der Waals surface area contributed by atoms with Crippen molar-refractivity contribution in [1.82, 2.24) is 4.90 Å². The summed E-state index contributed by atoms with van der Waals surface area (Å²) in [6.45, 7) is 6.80. The number of ether oxygens (including phenoxy) is 1. The smallest absolute Gasteiger partial charge is 0.160 e. The van der Waals surface area contributed by atoms with Gasteiger partial charge in [0.15, 0.2) is 11.5 Å². The van der Waals surface area contributed by atoms with Crippen LogP contribution < -0.4 is 4.74 Å². The van der Waals surface area contributed by atoms with Crippen LogP contribution >= 0.6 is 0 Å². The van der Waals surface area contributed by atoms with Crippen LogP contribution in [0.15, 0.2) is 12.1 Å². The molecule has 1 N–H and O–H groups in total. The van der Waals surface area contributed by atoms with E-state index in [1.807, 2.05) is 12.1 Å². The first kappa shape index (κ1) is 14.2. The zero-order chi connectivity index (χ0) is 13.8. The van der Waals surface area contributed by atoms with Crippen molar-refractivity contribution < 1.29 is 9.84 Å². The molecule has 0 radical (unpaired) electrons. The molecule has 0 amide bonds. The molecule has 1 aliphatic rings. The fourth-order valence-electron chi connectivity index (χ4n) is 3.09. The second-order valence-corrected chi connectivity index (χ2v) is 5.39. The lowest BCUT2D eigenvalue weighted by atomic mass is 10.1. The van der Waals surface area contributed by atoms with Gasteiger partial charge >= 0.3 is 0 Å². The molecule has 1 aromatic carbocycles. The molecular formula is C16H25NO2. The molecule has 0 fully saturated rings. The van der Waals surface area contributed by atoms with E-state index in [9.17, 15) is 5.11 Å². The van der Waals surface area contributed by atoms with Gasteiger partial charge in [-0.05, 0) is 62.0 Å². The standard InChI is InChI=1S/C16H25NO2/c1-4-6-17(7-5-2)14-8-12-10-15(18)16(19-3)11-13(12)9-14/h10-11,14,18H,4-9H2,1-3H3. The van der Waals surface area contributed by atoms with Crippen LogP contribution in [0.1, 0.15) is 37.8 Å². The van der Waals surface area contributed by atoms with E-state index in [-0.39, 0.29) is 5.75 Å². The largest absolute Gasteiger partial charge is 0.504 e. The highest BCUT2D eigenvalue weighted by Crippen LogP contribution is 2.35. The van der Waals surface area contributed by atoms with Crippen LogP contribution in [0.25, 0.3) is 0 Å². The summed E-state index contributed by atoms with van der Waals surface area (Å²) in [6, 6.07) is 4.46. The molecule has 0 spiro atoms. The molecule has 1 unspecified atom stereocenters. The monoisotopic (exact) mass is 263 g/mol. The lowest BCUT2D eigenvalue weighted by Gasteiger charge is -2.27. The molecule has 1 aliphatic carbocycles. The minimum Gasteiger partial charge on any atom is -0.504 e. The van der Waals surface area contributed by atoms with Crippen molar-refractivity contribution in [3.8, 4) is 11.5 Å². The summed E-state index contributed by atoms with van der Waals surface area (Å²) in [5, 5.41) is 9.87. The summed E-state index contributed by atoms with van der Waals surface area (Å²) < 4.78 is 5.20. The van der Waals surface area contributed by atoms with Crippen LogP contribution in [0, 0.1) is 0 Å². The molecule has 3 heteroatoms. The van der Waals surface area contributed by atoms with Gasteiger partial charge in [-0.2, -0.15) is 0 Å². The van der Waals surface area contributed by atoms with Crippen molar-refractivity contribution in [3.63, 3.8) is 0 Å². The molecule has 0 saturated heterocycles.